The van der Waals surface area contributed by atoms with Gasteiger partial charge in [0, 0.05) is 28.6 Å². The lowest BCUT2D eigenvalue weighted by Gasteiger charge is -2.14. The van der Waals surface area contributed by atoms with E-state index in [2.05, 4.69) is 40.4 Å². The Hall–Kier alpha value is -3.51. The molecule has 1 aromatic heterocycles. The average Bonchev–Trinajstić information content (AvgIpc) is 2.85. The van der Waals surface area contributed by atoms with E-state index in [0.717, 1.165) is 45.6 Å². The van der Waals surface area contributed by atoms with Crippen molar-refractivity contribution in [2.45, 2.75) is 26.8 Å². The SMILES string of the molecule is CCCOc1ccc(Cl)cc1-c1cccc(CNc2nc(C)nc3cc(OC)c(OC)cc23)c1. The van der Waals surface area contributed by atoms with Gasteiger partial charge in [-0.2, -0.15) is 0 Å². The van der Waals surface area contributed by atoms with Gasteiger partial charge in [-0.05, 0) is 54.8 Å². The van der Waals surface area contributed by atoms with Crippen LogP contribution in [0.3, 0.4) is 0 Å². The van der Waals surface area contributed by atoms with Crippen molar-refractivity contribution in [1.29, 1.82) is 0 Å². The molecule has 176 valence electrons. The van der Waals surface area contributed by atoms with Crippen LogP contribution in [0.4, 0.5) is 5.82 Å². The number of rotatable bonds is 9. The average molecular weight is 478 g/mol. The van der Waals surface area contributed by atoms with Gasteiger partial charge >= 0.3 is 0 Å². The summed E-state index contributed by atoms with van der Waals surface area (Å²) in [5.41, 5.74) is 3.91. The van der Waals surface area contributed by atoms with Gasteiger partial charge in [0.2, 0.25) is 0 Å². The molecular weight excluding hydrogens is 450 g/mol. The third kappa shape index (κ3) is 5.18. The second-order valence-electron chi connectivity index (χ2n) is 7.89. The number of ether oxygens (including phenoxy) is 3. The molecule has 0 unspecified atom stereocenters. The van der Waals surface area contributed by atoms with Crippen molar-refractivity contribution in [3.63, 3.8) is 0 Å². The van der Waals surface area contributed by atoms with Crippen LogP contribution in [0, 0.1) is 6.92 Å². The van der Waals surface area contributed by atoms with Gasteiger partial charge in [0.25, 0.3) is 0 Å². The van der Waals surface area contributed by atoms with Gasteiger partial charge in [0.1, 0.15) is 17.4 Å². The van der Waals surface area contributed by atoms with Crippen LogP contribution < -0.4 is 19.5 Å². The van der Waals surface area contributed by atoms with E-state index in [9.17, 15) is 0 Å². The van der Waals surface area contributed by atoms with Crippen molar-refractivity contribution in [3.8, 4) is 28.4 Å². The van der Waals surface area contributed by atoms with Crippen LogP contribution in [0.25, 0.3) is 22.0 Å². The van der Waals surface area contributed by atoms with E-state index in [1.54, 1.807) is 14.2 Å². The van der Waals surface area contributed by atoms with Crippen LogP contribution >= 0.6 is 11.6 Å². The maximum absolute atomic E-state index is 6.30. The van der Waals surface area contributed by atoms with Crippen LogP contribution in [0.15, 0.2) is 54.6 Å². The Kier molecular flexibility index (Phi) is 7.38. The minimum absolute atomic E-state index is 0.583. The molecule has 0 atom stereocenters. The molecule has 0 bridgehead atoms. The van der Waals surface area contributed by atoms with E-state index in [-0.39, 0.29) is 0 Å². The number of halogens is 1. The molecule has 0 saturated heterocycles. The third-order valence-electron chi connectivity index (χ3n) is 5.41. The smallest absolute Gasteiger partial charge is 0.162 e. The lowest BCUT2D eigenvalue weighted by molar-refractivity contribution is 0.318. The molecule has 4 aromatic rings. The number of methoxy groups -OCH3 is 2. The minimum atomic E-state index is 0.583. The summed E-state index contributed by atoms with van der Waals surface area (Å²) in [7, 11) is 3.23. The molecule has 0 aliphatic carbocycles. The fourth-order valence-corrected chi connectivity index (χ4v) is 3.98. The summed E-state index contributed by atoms with van der Waals surface area (Å²) in [5, 5.41) is 5.01. The number of benzene rings is 3. The second-order valence-corrected chi connectivity index (χ2v) is 8.32. The number of fused-ring (bicyclic) bond motifs is 1. The molecule has 7 heteroatoms. The lowest BCUT2D eigenvalue weighted by Crippen LogP contribution is -2.05. The fourth-order valence-electron chi connectivity index (χ4n) is 3.81. The Morgan fingerprint density at radius 1 is 0.912 bits per heavy atom. The highest BCUT2D eigenvalue weighted by Crippen LogP contribution is 2.35. The summed E-state index contributed by atoms with van der Waals surface area (Å²) in [6, 6.07) is 17.8. The van der Waals surface area contributed by atoms with E-state index < -0.39 is 0 Å². The Bertz CT molecular complexity index is 1310. The molecule has 0 aliphatic heterocycles. The molecule has 0 aliphatic rings. The Balaban J connectivity index is 1.64. The Morgan fingerprint density at radius 3 is 2.47 bits per heavy atom. The summed E-state index contributed by atoms with van der Waals surface area (Å²) in [6.07, 6.45) is 0.939. The fraction of sp³-hybridized carbons (Fsp3) is 0.259. The van der Waals surface area contributed by atoms with Gasteiger partial charge in [-0.1, -0.05) is 36.7 Å². The van der Waals surface area contributed by atoms with Crippen molar-refractivity contribution in [3.05, 3.63) is 71.0 Å². The summed E-state index contributed by atoms with van der Waals surface area (Å²) < 4.78 is 16.9. The number of nitrogens with one attached hydrogen (secondary N) is 1. The maximum Gasteiger partial charge on any atom is 0.162 e. The zero-order valence-electron chi connectivity index (χ0n) is 19.8. The van der Waals surface area contributed by atoms with E-state index >= 15 is 0 Å². The molecular formula is C27H28ClN3O3. The Morgan fingerprint density at radius 2 is 1.71 bits per heavy atom. The number of aryl methyl sites for hydroxylation is 1. The molecule has 1 heterocycles. The highest BCUT2D eigenvalue weighted by Gasteiger charge is 2.13. The van der Waals surface area contributed by atoms with E-state index in [4.69, 9.17) is 25.8 Å². The normalized spacial score (nSPS) is 10.9. The van der Waals surface area contributed by atoms with Crippen molar-refractivity contribution < 1.29 is 14.2 Å². The summed E-state index contributed by atoms with van der Waals surface area (Å²) in [5.74, 6) is 3.51. The summed E-state index contributed by atoms with van der Waals surface area (Å²) in [4.78, 5) is 9.19. The van der Waals surface area contributed by atoms with Crippen molar-refractivity contribution >= 4 is 28.3 Å². The predicted molar refractivity (Wildman–Crippen MR) is 137 cm³/mol. The van der Waals surface area contributed by atoms with Gasteiger partial charge in [0.15, 0.2) is 11.5 Å². The number of aromatic nitrogens is 2. The molecule has 0 radical (unpaired) electrons. The van der Waals surface area contributed by atoms with Gasteiger partial charge in [0.05, 0.1) is 26.3 Å². The molecule has 3 aromatic carbocycles. The number of hydrogen-bond acceptors (Lipinski definition) is 6. The minimum Gasteiger partial charge on any atom is -0.493 e. The van der Waals surface area contributed by atoms with Crippen LogP contribution in [-0.4, -0.2) is 30.8 Å². The first-order valence-corrected chi connectivity index (χ1v) is 11.6. The standard InChI is InChI=1S/C27H28ClN3O3/c1-5-11-34-24-10-9-20(28)13-21(24)19-8-6-7-18(12-19)16-29-27-22-14-25(32-3)26(33-4)15-23(22)30-17(2)31-27/h6-10,12-15H,5,11,16H2,1-4H3,(H,29,30,31). The topological polar surface area (TPSA) is 65.5 Å². The highest BCUT2D eigenvalue weighted by molar-refractivity contribution is 6.31. The summed E-state index contributed by atoms with van der Waals surface area (Å²) >= 11 is 6.30. The predicted octanol–water partition coefficient (Wildman–Crippen LogP) is 6.68. The molecule has 0 amide bonds. The zero-order chi connectivity index (χ0) is 24.1. The molecule has 34 heavy (non-hydrogen) atoms. The first-order valence-electron chi connectivity index (χ1n) is 11.2. The maximum atomic E-state index is 6.30. The molecule has 1 N–H and O–H groups in total. The Labute approximate surface area is 204 Å². The molecule has 6 nitrogen and oxygen atoms in total. The van der Waals surface area contributed by atoms with Crippen molar-refractivity contribution in [1.82, 2.24) is 9.97 Å². The third-order valence-corrected chi connectivity index (χ3v) is 5.65. The van der Waals surface area contributed by atoms with E-state index in [1.165, 1.54) is 0 Å². The van der Waals surface area contributed by atoms with E-state index in [1.807, 2.05) is 43.3 Å². The summed E-state index contributed by atoms with van der Waals surface area (Å²) in [6.45, 7) is 5.20. The van der Waals surface area contributed by atoms with Gasteiger partial charge in [-0.25, -0.2) is 9.97 Å². The second kappa shape index (κ2) is 10.6. The van der Waals surface area contributed by atoms with Crippen molar-refractivity contribution in [2.75, 3.05) is 26.1 Å². The largest absolute Gasteiger partial charge is 0.493 e. The number of nitrogens with zero attached hydrogens (tertiary/aromatic N) is 2. The quantitative estimate of drug-likeness (QED) is 0.290. The van der Waals surface area contributed by atoms with Crippen LogP contribution in [0.1, 0.15) is 24.7 Å². The first kappa shape index (κ1) is 23.6. The monoisotopic (exact) mass is 477 g/mol. The first-order chi connectivity index (χ1) is 16.5. The molecule has 0 saturated carbocycles. The number of hydrogen-bond donors (Lipinski definition) is 1. The molecule has 0 fully saturated rings. The molecule has 4 rings (SSSR count). The van der Waals surface area contributed by atoms with Gasteiger partial charge in [-0.15, -0.1) is 0 Å². The van der Waals surface area contributed by atoms with Gasteiger partial charge < -0.3 is 19.5 Å². The lowest BCUT2D eigenvalue weighted by atomic mass is 10.0. The molecule has 0 spiro atoms. The van der Waals surface area contributed by atoms with Crippen LogP contribution in [0.2, 0.25) is 5.02 Å². The van der Waals surface area contributed by atoms with Gasteiger partial charge in [-0.3, -0.25) is 0 Å². The highest BCUT2D eigenvalue weighted by atomic mass is 35.5. The zero-order valence-corrected chi connectivity index (χ0v) is 20.6. The van der Waals surface area contributed by atoms with Crippen LogP contribution in [-0.2, 0) is 6.54 Å². The van der Waals surface area contributed by atoms with E-state index in [0.29, 0.717) is 35.5 Å². The van der Waals surface area contributed by atoms with Crippen molar-refractivity contribution in [2.24, 2.45) is 0 Å². The van der Waals surface area contributed by atoms with Crippen LogP contribution in [0.5, 0.6) is 17.2 Å². The number of anilines is 1.